The van der Waals surface area contributed by atoms with E-state index in [1.807, 2.05) is 0 Å². The van der Waals surface area contributed by atoms with Gasteiger partial charge in [0.1, 0.15) is 0 Å². The summed E-state index contributed by atoms with van der Waals surface area (Å²) in [6.45, 7) is 0. The number of nitrogens with zero attached hydrogens (tertiary/aromatic N) is 3. The lowest BCUT2D eigenvalue weighted by Crippen LogP contribution is -2.24. The Labute approximate surface area is 144 Å². The minimum absolute atomic E-state index is 0.0669. The van der Waals surface area contributed by atoms with Crippen LogP contribution < -0.4 is 5.56 Å². The number of rotatable bonds is 7. The molecule has 25 heavy (non-hydrogen) atoms. The van der Waals surface area contributed by atoms with Crippen molar-refractivity contribution >= 4 is 34.0 Å². The Morgan fingerprint density at radius 1 is 1.32 bits per heavy atom. The monoisotopic (exact) mass is 398 g/mol. The second-order valence-corrected chi connectivity index (χ2v) is 7.33. The Balaban J connectivity index is 2.15. The van der Waals surface area contributed by atoms with Gasteiger partial charge in [-0.1, -0.05) is 5.04 Å². The fraction of sp³-hybridized carbons (Fsp3) is 0.600. The van der Waals surface area contributed by atoms with Crippen molar-refractivity contribution in [3.63, 3.8) is 0 Å². The molecular weight excluding hydrogens is 384 g/mol. The summed E-state index contributed by atoms with van der Waals surface area (Å²) in [6, 6.07) is -0.304. The van der Waals surface area contributed by atoms with Crippen molar-refractivity contribution in [1.82, 2.24) is 9.19 Å². The van der Waals surface area contributed by atoms with Crippen molar-refractivity contribution in [1.29, 1.82) is 0 Å². The van der Waals surface area contributed by atoms with Gasteiger partial charge in [0.25, 0.3) is 0 Å². The summed E-state index contributed by atoms with van der Waals surface area (Å²) >= 11 is 0.954. The molecule has 0 atom stereocenters. The number of aromatic nitrogens is 2. The first-order chi connectivity index (χ1) is 11.7. The van der Waals surface area contributed by atoms with Gasteiger partial charge in [-0.25, -0.2) is 10.1 Å². The molecule has 0 amide bonds. The summed E-state index contributed by atoms with van der Waals surface area (Å²) in [5, 5.41) is 29.9. The van der Waals surface area contributed by atoms with Gasteiger partial charge in [0.2, 0.25) is 0 Å². The van der Waals surface area contributed by atoms with Gasteiger partial charge in [0.05, 0.1) is 6.04 Å². The lowest BCUT2D eigenvalue weighted by atomic mass is 9.96. The van der Waals surface area contributed by atoms with Crippen LogP contribution in [-0.2, 0) is 19.7 Å². The molecule has 1 aliphatic rings. The van der Waals surface area contributed by atoms with Crippen molar-refractivity contribution in [2.75, 3.05) is 0 Å². The third-order valence-electron chi connectivity index (χ3n) is 3.45. The van der Waals surface area contributed by atoms with Gasteiger partial charge in [-0.3, -0.25) is 14.4 Å². The summed E-state index contributed by atoms with van der Waals surface area (Å²) in [5.74, 6) is -1.63. The maximum absolute atomic E-state index is 11.9. The Morgan fingerprint density at radius 2 is 1.96 bits per heavy atom. The first-order valence-electron chi connectivity index (χ1n) is 6.84. The van der Waals surface area contributed by atoms with E-state index in [2.05, 4.69) is 19.6 Å². The van der Waals surface area contributed by atoms with Crippen molar-refractivity contribution < 1.29 is 37.5 Å². The van der Waals surface area contributed by atoms with Gasteiger partial charge in [-0.2, -0.15) is 13.5 Å². The second kappa shape index (κ2) is 8.07. The molecule has 0 saturated heterocycles. The predicted octanol–water partition coefficient (Wildman–Crippen LogP) is 0.990. The molecule has 0 spiro atoms. The zero-order valence-corrected chi connectivity index (χ0v) is 14.1. The van der Waals surface area contributed by atoms with E-state index in [-0.39, 0.29) is 15.4 Å². The first kappa shape index (κ1) is 19.5. The molecule has 4 N–H and O–H groups in total. The van der Waals surface area contributed by atoms with Gasteiger partial charge in [0.15, 0.2) is 11.4 Å². The van der Waals surface area contributed by atoms with Crippen molar-refractivity contribution in [2.24, 2.45) is 10.2 Å². The molecule has 1 heterocycles. The highest BCUT2D eigenvalue weighted by molar-refractivity contribution is 7.95. The SMILES string of the molecule is O=C(O)c1[nH]n(S(=O)(=O)O)c(=O)c1N=NC1CCC(SOOO)CC1. The summed E-state index contributed by atoms with van der Waals surface area (Å²) in [7, 11) is -4.99. The van der Waals surface area contributed by atoms with Crippen LogP contribution >= 0.6 is 12.0 Å². The van der Waals surface area contributed by atoms with Crippen LogP contribution in [0.5, 0.6) is 0 Å². The van der Waals surface area contributed by atoms with E-state index in [1.165, 1.54) is 0 Å². The minimum atomic E-state index is -4.99. The number of azo groups is 1. The number of H-pyrrole nitrogens is 1. The van der Waals surface area contributed by atoms with E-state index in [0.717, 1.165) is 12.0 Å². The molecule has 13 nitrogen and oxygen atoms in total. The summed E-state index contributed by atoms with van der Waals surface area (Å²) in [4.78, 5) is 23.0. The molecule has 0 aliphatic heterocycles. The van der Waals surface area contributed by atoms with Crippen LogP contribution in [0.2, 0.25) is 0 Å². The fourth-order valence-corrected chi connectivity index (χ4v) is 3.40. The molecule has 0 radical (unpaired) electrons. The number of aromatic amines is 1. The normalized spacial score (nSPS) is 21.7. The molecule has 1 aromatic rings. The van der Waals surface area contributed by atoms with Crippen molar-refractivity contribution in [3.8, 4) is 0 Å². The van der Waals surface area contributed by atoms with E-state index in [9.17, 15) is 18.0 Å². The van der Waals surface area contributed by atoms with Crippen LogP contribution in [0.15, 0.2) is 15.0 Å². The molecule has 1 aromatic heterocycles. The van der Waals surface area contributed by atoms with E-state index in [0.29, 0.717) is 25.7 Å². The minimum Gasteiger partial charge on any atom is -0.476 e. The molecule has 2 rings (SSSR count). The molecule has 15 heteroatoms. The average molecular weight is 398 g/mol. The highest BCUT2D eigenvalue weighted by Gasteiger charge is 2.26. The highest BCUT2D eigenvalue weighted by atomic mass is 32.2. The van der Waals surface area contributed by atoms with Gasteiger partial charge in [-0.15, -0.1) is 13.5 Å². The molecular formula is C10H14N4O9S2. The van der Waals surface area contributed by atoms with E-state index < -0.39 is 33.2 Å². The Bertz CT molecular complexity index is 807. The molecule has 1 saturated carbocycles. The predicted molar refractivity (Wildman–Crippen MR) is 81.9 cm³/mol. The average Bonchev–Trinajstić information content (AvgIpc) is 2.89. The van der Waals surface area contributed by atoms with E-state index in [4.69, 9.17) is 14.9 Å². The Kier molecular flexibility index (Phi) is 6.31. The standard InChI is InChI=1S/C10H14N4O9S2/c15-9-7(8(10(16)17)13-14(9)25(19,20)21)12-11-5-1-3-6(4-2-5)24-23-22-18/h5-6,13,18H,1-4H2,(H,16,17)(H,19,20,21). The quantitative estimate of drug-likeness (QED) is 0.169. The number of carbonyl (C=O) groups is 1. The van der Waals surface area contributed by atoms with Crippen LogP contribution in [0.25, 0.3) is 0 Å². The first-order valence-corrected chi connectivity index (χ1v) is 9.05. The van der Waals surface area contributed by atoms with Crippen molar-refractivity contribution in [2.45, 2.75) is 37.0 Å². The third-order valence-corrected chi connectivity index (χ3v) is 5.05. The smallest absolute Gasteiger partial charge is 0.380 e. The molecule has 140 valence electrons. The lowest BCUT2D eigenvalue weighted by molar-refractivity contribution is -0.432. The Morgan fingerprint density at radius 3 is 2.48 bits per heavy atom. The third kappa shape index (κ3) is 4.86. The molecule has 1 fully saturated rings. The van der Waals surface area contributed by atoms with Gasteiger partial charge in [0, 0.05) is 17.3 Å². The zero-order chi connectivity index (χ0) is 18.6. The lowest BCUT2D eigenvalue weighted by Gasteiger charge is -2.23. The van der Waals surface area contributed by atoms with Crippen LogP contribution in [0.4, 0.5) is 5.69 Å². The number of nitrogens with one attached hydrogen (secondary N) is 1. The maximum atomic E-state index is 11.9. The van der Waals surface area contributed by atoms with Gasteiger partial charge in [-0.05, 0) is 25.7 Å². The maximum Gasteiger partial charge on any atom is 0.380 e. The number of hydrogen-bond acceptors (Lipinski definition) is 10. The van der Waals surface area contributed by atoms with Crippen LogP contribution in [0.3, 0.4) is 0 Å². The summed E-state index contributed by atoms with van der Waals surface area (Å²) in [5.41, 5.74) is -2.87. The molecule has 0 bridgehead atoms. The van der Waals surface area contributed by atoms with E-state index in [1.54, 1.807) is 5.10 Å². The topological polar surface area (TPSA) is 193 Å². The van der Waals surface area contributed by atoms with Gasteiger partial charge >= 0.3 is 21.8 Å². The fourth-order valence-electron chi connectivity index (χ4n) is 2.28. The zero-order valence-electron chi connectivity index (χ0n) is 12.4. The summed E-state index contributed by atoms with van der Waals surface area (Å²) < 4.78 is 35.1. The molecule has 0 unspecified atom stereocenters. The number of carboxylic acids is 1. The molecule has 0 aromatic carbocycles. The number of hydrogen-bond donors (Lipinski definition) is 4. The number of aromatic carboxylic acids is 1. The largest absolute Gasteiger partial charge is 0.476 e. The number of carboxylic acid groups (broad SMARTS) is 1. The highest BCUT2D eigenvalue weighted by Crippen LogP contribution is 2.31. The van der Waals surface area contributed by atoms with E-state index >= 15 is 0 Å². The molecule has 1 aliphatic carbocycles. The second-order valence-electron chi connectivity index (χ2n) is 5.07. The van der Waals surface area contributed by atoms with Crippen LogP contribution in [0, 0.1) is 0 Å². The van der Waals surface area contributed by atoms with Crippen molar-refractivity contribution in [3.05, 3.63) is 16.0 Å². The Hall–Kier alpha value is -1.78. The summed E-state index contributed by atoms with van der Waals surface area (Å²) in [6.07, 6.45) is 2.39. The van der Waals surface area contributed by atoms with Crippen LogP contribution in [0.1, 0.15) is 36.2 Å². The van der Waals surface area contributed by atoms with Gasteiger partial charge < -0.3 is 5.11 Å². The van der Waals surface area contributed by atoms with Crippen LogP contribution in [-0.4, -0.2) is 49.8 Å².